The molecule has 0 aliphatic rings. The molecular weight excluding hydrogens is 357 g/mol. The number of imidazole rings is 1. The smallest absolute Gasteiger partial charge is 0.228 e. The van der Waals surface area contributed by atoms with Crippen molar-refractivity contribution in [2.45, 2.75) is 19.8 Å². The molecule has 6 heteroatoms. The number of nitrogens with zero attached hydrogens (tertiary/aromatic N) is 3. The van der Waals surface area contributed by atoms with Gasteiger partial charge in [-0.15, -0.1) is 0 Å². The summed E-state index contributed by atoms with van der Waals surface area (Å²) in [6, 6.07) is 11.1. The van der Waals surface area contributed by atoms with E-state index in [1.54, 1.807) is 17.2 Å². The Labute approximate surface area is 157 Å². The Morgan fingerprint density at radius 2 is 1.80 bits per heavy atom. The fourth-order valence-corrected chi connectivity index (χ4v) is 3.10. The predicted octanol–water partition coefficient (Wildman–Crippen LogP) is 4.72. The second-order valence-electron chi connectivity index (χ2n) is 5.98. The summed E-state index contributed by atoms with van der Waals surface area (Å²) in [5.41, 5.74) is 3.28. The van der Waals surface area contributed by atoms with E-state index in [0.717, 1.165) is 35.6 Å². The van der Waals surface area contributed by atoms with Gasteiger partial charge in [0.1, 0.15) is 5.65 Å². The molecule has 1 amide bonds. The molecule has 25 heavy (non-hydrogen) atoms. The summed E-state index contributed by atoms with van der Waals surface area (Å²) in [5.74, 6) is 0.0545. The average Bonchev–Trinajstić information content (AvgIpc) is 2.93. The number of hydrogen-bond acceptors (Lipinski definition) is 2. The second kappa shape index (κ2) is 7.46. The van der Waals surface area contributed by atoms with Crippen LogP contribution in [-0.4, -0.2) is 33.8 Å². The van der Waals surface area contributed by atoms with Crippen molar-refractivity contribution in [3.63, 3.8) is 0 Å². The molecule has 2 heterocycles. The number of rotatable bonds is 5. The maximum Gasteiger partial charge on any atom is 0.228 e. The first kappa shape index (κ1) is 17.8. The van der Waals surface area contributed by atoms with Gasteiger partial charge in [-0.2, -0.15) is 0 Å². The number of carbonyl (C=O) groups excluding carboxylic acids is 1. The molecule has 0 spiro atoms. The normalized spacial score (nSPS) is 11.0. The van der Waals surface area contributed by atoms with E-state index < -0.39 is 0 Å². The molecule has 0 bridgehead atoms. The van der Waals surface area contributed by atoms with Crippen LogP contribution in [0.3, 0.4) is 0 Å². The van der Waals surface area contributed by atoms with E-state index in [9.17, 15) is 4.79 Å². The summed E-state index contributed by atoms with van der Waals surface area (Å²) in [6.07, 6.45) is 2.98. The summed E-state index contributed by atoms with van der Waals surface area (Å²) in [7, 11) is 1.82. The Hall–Kier alpha value is -2.04. The van der Waals surface area contributed by atoms with Gasteiger partial charge in [-0.05, 0) is 30.7 Å². The zero-order chi connectivity index (χ0) is 18.0. The zero-order valence-corrected chi connectivity index (χ0v) is 15.7. The highest BCUT2D eigenvalue weighted by Crippen LogP contribution is 2.27. The molecule has 2 aromatic heterocycles. The molecule has 0 saturated carbocycles. The van der Waals surface area contributed by atoms with Crippen LogP contribution in [0.25, 0.3) is 16.9 Å². The Morgan fingerprint density at radius 1 is 1.12 bits per heavy atom. The SMILES string of the molecule is CCCN(C)C(=O)Cc1c(-c2ccc(Cl)cc2)nc2ccc(Cl)cn12. The average molecular weight is 376 g/mol. The Morgan fingerprint density at radius 3 is 2.48 bits per heavy atom. The minimum absolute atomic E-state index is 0.0545. The van der Waals surface area contributed by atoms with Gasteiger partial charge in [0.05, 0.1) is 22.8 Å². The highest BCUT2D eigenvalue weighted by Gasteiger charge is 2.19. The molecule has 0 fully saturated rings. The molecule has 130 valence electrons. The first-order valence-electron chi connectivity index (χ1n) is 8.16. The Kier molecular flexibility index (Phi) is 5.30. The van der Waals surface area contributed by atoms with Crippen molar-refractivity contribution in [3.05, 3.63) is 58.3 Å². The first-order valence-corrected chi connectivity index (χ1v) is 8.91. The third kappa shape index (κ3) is 3.80. The number of aromatic nitrogens is 2. The maximum atomic E-state index is 12.6. The van der Waals surface area contributed by atoms with E-state index in [1.807, 2.05) is 41.8 Å². The van der Waals surface area contributed by atoms with E-state index in [2.05, 4.69) is 6.92 Å². The van der Waals surface area contributed by atoms with Gasteiger partial charge in [-0.1, -0.05) is 42.3 Å². The molecular formula is C19H19Cl2N3O. The van der Waals surface area contributed by atoms with Gasteiger partial charge in [0.25, 0.3) is 0 Å². The van der Waals surface area contributed by atoms with Gasteiger partial charge in [-0.3, -0.25) is 4.79 Å². The molecule has 0 aliphatic heterocycles. The first-order chi connectivity index (χ1) is 12.0. The topological polar surface area (TPSA) is 37.6 Å². The predicted molar refractivity (Wildman–Crippen MR) is 102 cm³/mol. The maximum absolute atomic E-state index is 12.6. The summed E-state index contributed by atoms with van der Waals surface area (Å²) in [4.78, 5) is 19.0. The molecule has 0 atom stereocenters. The van der Waals surface area contributed by atoms with Gasteiger partial charge in [0.15, 0.2) is 0 Å². The molecule has 0 radical (unpaired) electrons. The van der Waals surface area contributed by atoms with Crippen LogP contribution in [0.5, 0.6) is 0 Å². The fourth-order valence-electron chi connectivity index (χ4n) is 2.81. The van der Waals surface area contributed by atoms with Gasteiger partial charge in [-0.25, -0.2) is 4.98 Å². The summed E-state index contributed by atoms with van der Waals surface area (Å²) >= 11 is 12.1. The van der Waals surface area contributed by atoms with Crippen LogP contribution in [0.1, 0.15) is 19.0 Å². The van der Waals surface area contributed by atoms with Crippen molar-refractivity contribution < 1.29 is 4.79 Å². The minimum Gasteiger partial charge on any atom is -0.345 e. The molecule has 3 rings (SSSR count). The standard InChI is InChI=1S/C19H19Cl2N3O/c1-3-10-23(2)18(25)11-16-19(13-4-6-14(20)7-5-13)22-17-9-8-15(21)12-24(16)17/h4-9,12H,3,10-11H2,1-2H3. The molecule has 3 aromatic rings. The number of likely N-dealkylation sites (N-methyl/N-ethyl adjacent to an activating group) is 1. The van der Waals surface area contributed by atoms with E-state index in [-0.39, 0.29) is 12.3 Å². The molecule has 0 unspecified atom stereocenters. The lowest BCUT2D eigenvalue weighted by molar-refractivity contribution is -0.129. The third-order valence-electron chi connectivity index (χ3n) is 4.10. The Bertz CT molecular complexity index is 903. The van der Waals surface area contributed by atoms with Gasteiger partial charge in [0, 0.05) is 30.4 Å². The summed E-state index contributed by atoms with van der Waals surface area (Å²) < 4.78 is 1.89. The van der Waals surface area contributed by atoms with Crippen LogP contribution in [0, 0.1) is 0 Å². The molecule has 0 saturated heterocycles. The number of halogens is 2. The largest absolute Gasteiger partial charge is 0.345 e. The van der Waals surface area contributed by atoms with Crippen molar-refractivity contribution >= 4 is 34.8 Å². The number of pyridine rings is 1. The van der Waals surface area contributed by atoms with E-state index in [1.165, 1.54) is 0 Å². The fraction of sp³-hybridized carbons (Fsp3) is 0.263. The van der Waals surface area contributed by atoms with Crippen LogP contribution >= 0.6 is 23.2 Å². The molecule has 0 aliphatic carbocycles. The lowest BCUT2D eigenvalue weighted by Crippen LogP contribution is -2.29. The number of amides is 1. The monoisotopic (exact) mass is 375 g/mol. The van der Waals surface area contributed by atoms with Crippen molar-refractivity contribution in [2.24, 2.45) is 0 Å². The van der Waals surface area contributed by atoms with Gasteiger partial charge in [0.2, 0.25) is 5.91 Å². The summed E-state index contributed by atoms with van der Waals surface area (Å²) in [6.45, 7) is 2.78. The number of hydrogen-bond donors (Lipinski definition) is 0. The van der Waals surface area contributed by atoms with E-state index in [0.29, 0.717) is 10.0 Å². The van der Waals surface area contributed by atoms with Crippen molar-refractivity contribution in [1.82, 2.24) is 14.3 Å². The van der Waals surface area contributed by atoms with Crippen LogP contribution in [0.2, 0.25) is 10.0 Å². The highest BCUT2D eigenvalue weighted by molar-refractivity contribution is 6.30. The number of benzene rings is 1. The van der Waals surface area contributed by atoms with Crippen molar-refractivity contribution in [2.75, 3.05) is 13.6 Å². The van der Waals surface area contributed by atoms with E-state index >= 15 is 0 Å². The second-order valence-corrected chi connectivity index (χ2v) is 6.85. The lowest BCUT2D eigenvalue weighted by Gasteiger charge is -2.16. The van der Waals surface area contributed by atoms with Crippen molar-refractivity contribution in [3.8, 4) is 11.3 Å². The Balaban J connectivity index is 2.09. The van der Waals surface area contributed by atoms with Crippen LogP contribution in [0.4, 0.5) is 0 Å². The van der Waals surface area contributed by atoms with Crippen molar-refractivity contribution in [1.29, 1.82) is 0 Å². The van der Waals surface area contributed by atoms with E-state index in [4.69, 9.17) is 28.2 Å². The highest BCUT2D eigenvalue weighted by atomic mass is 35.5. The van der Waals surface area contributed by atoms with Gasteiger partial charge < -0.3 is 9.30 Å². The quantitative estimate of drug-likeness (QED) is 0.646. The number of fused-ring (bicyclic) bond motifs is 1. The minimum atomic E-state index is 0.0545. The lowest BCUT2D eigenvalue weighted by atomic mass is 10.1. The third-order valence-corrected chi connectivity index (χ3v) is 4.58. The summed E-state index contributed by atoms with van der Waals surface area (Å²) in [5, 5.41) is 1.26. The van der Waals surface area contributed by atoms with Crippen LogP contribution < -0.4 is 0 Å². The molecule has 1 aromatic carbocycles. The zero-order valence-electron chi connectivity index (χ0n) is 14.2. The van der Waals surface area contributed by atoms with Crippen LogP contribution in [-0.2, 0) is 11.2 Å². The number of carbonyl (C=O) groups is 1. The van der Waals surface area contributed by atoms with Crippen LogP contribution in [0.15, 0.2) is 42.6 Å². The van der Waals surface area contributed by atoms with Gasteiger partial charge >= 0.3 is 0 Å². The molecule has 0 N–H and O–H groups in total. The molecule has 4 nitrogen and oxygen atoms in total.